The molecule has 2 aliphatic heterocycles. The quantitative estimate of drug-likeness (QED) is 0.742. The molecule has 1 atom stereocenters. The van der Waals surface area contributed by atoms with E-state index in [1.807, 2.05) is 36.4 Å². The lowest BCUT2D eigenvalue weighted by Crippen LogP contribution is -2.53. The lowest BCUT2D eigenvalue weighted by atomic mass is 10.1. The smallest absolute Gasteiger partial charge is 0.256 e. The average molecular weight is 453 g/mol. The van der Waals surface area contributed by atoms with Crippen LogP contribution in [-0.2, 0) is 16.1 Å². The highest BCUT2D eigenvalue weighted by atomic mass is 32.2. The normalized spacial score (nSPS) is 19.2. The second-order valence-electron chi connectivity index (χ2n) is 8.21. The van der Waals surface area contributed by atoms with Crippen LogP contribution in [0.2, 0.25) is 0 Å². The molecular weight excluding hydrogens is 424 g/mol. The number of pyridine rings is 2. The first-order valence-electron chi connectivity index (χ1n) is 10.6. The van der Waals surface area contributed by atoms with Gasteiger partial charge in [-0.25, -0.2) is 0 Å². The highest BCUT2D eigenvalue weighted by molar-refractivity contribution is 8.04. The fourth-order valence-corrected chi connectivity index (χ4v) is 5.31. The molecule has 2 aromatic heterocycles. The van der Waals surface area contributed by atoms with E-state index in [1.54, 1.807) is 13.1 Å². The number of hydrogen-bond acceptors (Lipinski definition) is 7. The summed E-state index contributed by atoms with van der Waals surface area (Å²) in [7, 11) is 0. The Morgan fingerprint density at radius 3 is 2.53 bits per heavy atom. The van der Waals surface area contributed by atoms with Crippen LogP contribution in [0, 0.1) is 13.8 Å². The van der Waals surface area contributed by atoms with Crippen molar-refractivity contribution in [2.45, 2.75) is 32.8 Å². The summed E-state index contributed by atoms with van der Waals surface area (Å²) in [4.78, 5) is 39.4. The number of nitrogens with zero attached hydrogens (tertiary/aromatic N) is 5. The highest BCUT2D eigenvalue weighted by Crippen LogP contribution is 2.36. The van der Waals surface area contributed by atoms with Crippen molar-refractivity contribution in [2.75, 3.05) is 26.2 Å². The minimum atomic E-state index is -0.414. The van der Waals surface area contributed by atoms with E-state index in [-0.39, 0.29) is 11.4 Å². The molecule has 2 N–H and O–H groups in total. The standard InChI is InChI=1S/C23H28N6O2S/c1-15-10-18(12-26-21(15)19-4-5-25-16(2)11-19)13-29-14-20(22(24)31)32-23(29)28-8-6-27(7-9-28)17(3)30/h4-5,10-12,14,23H,6-9,13H2,1-3H3,(H2,24,31). The van der Waals surface area contributed by atoms with Gasteiger partial charge in [0, 0.05) is 69.5 Å². The Hall–Kier alpha value is -2.91. The molecule has 0 aliphatic carbocycles. The third-order valence-electron chi connectivity index (χ3n) is 5.78. The minimum Gasteiger partial charge on any atom is -0.365 e. The summed E-state index contributed by atoms with van der Waals surface area (Å²) in [6.07, 6.45) is 5.54. The zero-order valence-corrected chi connectivity index (χ0v) is 19.4. The molecule has 8 nitrogen and oxygen atoms in total. The molecule has 0 spiro atoms. The van der Waals surface area contributed by atoms with Gasteiger partial charge in [0.15, 0.2) is 0 Å². The van der Waals surface area contributed by atoms with Crippen molar-refractivity contribution in [3.8, 4) is 11.3 Å². The average Bonchev–Trinajstić information content (AvgIpc) is 3.18. The van der Waals surface area contributed by atoms with Gasteiger partial charge in [-0.3, -0.25) is 24.5 Å². The Morgan fingerprint density at radius 2 is 1.91 bits per heavy atom. The molecule has 2 aliphatic rings. The predicted octanol–water partition coefficient (Wildman–Crippen LogP) is 2.08. The van der Waals surface area contributed by atoms with Crippen LogP contribution in [0.3, 0.4) is 0 Å². The lowest BCUT2D eigenvalue weighted by molar-refractivity contribution is -0.131. The van der Waals surface area contributed by atoms with Gasteiger partial charge in [-0.1, -0.05) is 17.8 Å². The largest absolute Gasteiger partial charge is 0.365 e. The second kappa shape index (κ2) is 9.30. The van der Waals surface area contributed by atoms with Crippen LogP contribution in [0.5, 0.6) is 0 Å². The highest BCUT2D eigenvalue weighted by Gasteiger charge is 2.34. The van der Waals surface area contributed by atoms with Crippen molar-refractivity contribution < 1.29 is 9.59 Å². The Morgan fingerprint density at radius 1 is 1.16 bits per heavy atom. The van der Waals surface area contributed by atoms with Crippen molar-refractivity contribution in [3.63, 3.8) is 0 Å². The van der Waals surface area contributed by atoms with E-state index in [0.717, 1.165) is 41.2 Å². The number of piperazine rings is 1. The SMILES string of the molecule is CC(=O)N1CCN(C2SC(C(N)=O)=CN2Cc2cnc(-c3ccnc(C)c3)c(C)c2)CC1. The topological polar surface area (TPSA) is 95.7 Å². The van der Waals surface area contributed by atoms with Gasteiger partial charge in [0.05, 0.1) is 10.6 Å². The molecule has 0 saturated carbocycles. The van der Waals surface area contributed by atoms with Gasteiger partial charge in [-0.2, -0.15) is 0 Å². The molecule has 2 amide bonds. The van der Waals surface area contributed by atoms with Gasteiger partial charge in [0.1, 0.15) is 5.50 Å². The van der Waals surface area contributed by atoms with Crippen molar-refractivity contribution in [2.24, 2.45) is 5.73 Å². The molecule has 1 fully saturated rings. The fourth-order valence-electron chi connectivity index (χ4n) is 4.14. The van der Waals surface area contributed by atoms with Crippen LogP contribution >= 0.6 is 11.8 Å². The van der Waals surface area contributed by atoms with Crippen LogP contribution in [0.1, 0.15) is 23.7 Å². The van der Waals surface area contributed by atoms with Gasteiger partial charge < -0.3 is 15.5 Å². The molecule has 4 heterocycles. The van der Waals surface area contributed by atoms with Gasteiger partial charge in [-0.15, -0.1) is 0 Å². The number of primary amides is 1. The molecule has 0 bridgehead atoms. The summed E-state index contributed by atoms with van der Waals surface area (Å²) in [5.41, 5.74) is 10.7. The van der Waals surface area contributed by atoms with Crippen LogP contribution in [-0.4, -0.2) is 68.2 Å². The van der Waals surface area contributed by atoms with Gasteiger partial charge >= 0.3 is 0 Å². The van der Waals surface area contributed by atoms with E-state index in [4.69, 9.17) is 10.7 Å². The van der Waals surface area contributed by atoms with E-state index in [2.05, 4.69) is 27.8 Å². The molecule has 4 rings (SSSR count). The maximum Gasteiger partial charge on any atom is 0.256 e. The van der Waals surface area contributed by atoms with E-state index < -0.39 is 5.91 Å². The van der Waals surface area contributed by atoms with Gasteiger partial charge in [-0.05, 0) is 37.1 Å². The monoisotopic (exact) mass is 452 g/mol. The zero-order chi connectivity index (χ0) is 22.8. The zero-order valence-electron chi connectivity index (χ0n) is 18.6. The van der Waals surface area contributed by atoms with Crippen molar-refractivity contribution in [1.29, 1.82) is 0 Å². The summed E-state index contributed by atoms with van der Waals surface area (Å²) in [5, 5.41) is 0. The van der Waals surface area contributed by atoms with E-state index in [9.17, 15) is 9.59 Å². The lowest BCUT2D eigenvalue weighted by Gasteiger charge is -2.40. The first kappa shape index (κ1) is 22.3. The maximum atomic E-state index is 11.9. The van der Waals surface area contributed by atoms with Crippen molar-refractivity contribution >= 4 is 23.6 Å². The number of amides is 2. The van der Waals surface area contributed by atoms with E-state index in [1.165, 1.54) is 11.8 Å². The first-order valence-corrected chi connectivity index (χ1v) is 11.5. The van der Waals surface area contributed by atoms with Crippen LogP contribution in [0.4, 0.5) is 0 Å². The first-order chi connectivity index (χ1) is 15.3. The molecular formula is C23H28N6O2S. The number of aromatic nitrogens is 2. The summed E-state index contributed by atoms with van der Waals surface area (Å²) in [5.74, 6) is -0.315. The predicted molar refractivity (Wildman–Crippen MR) is 125 cm³/mol. The third kappa shape index (κ3) is 4.78. The van der Waals surface area contributed by atoms with Crippen LogP contribution in [0.15, 0.2) is 41.7 Å². The van der Waals surface area contributed by atoms with Gasteiger partial charge in [0.2, 0.25) is 5.91 Å². The number of hydrogen-bond donors (Lipinski definition) is 1. The molecule has 32 heavy (non-hydrogen) atoms. The molecule has 0 radical (unpaired) electrons. The number of thioether (sulfide) groups is 1. The molecule has 1 unspecified atom stereocenters. The minimum absolute atomic E-state index is 0.0329. The summed E-state index contributed by atoms with van der Waals surface area (Å²) in [6, 6.07) is 6.14. The summed E-state index contributed by atoms with van der Waals surface area (Å²) < 4.78 is 0. The van der Waals surface area contributed by atoms with Crippen molar-refractivity contribution in [1.82, 2.24) is 24.7 Å². The van der Waals surface area contributed by atoms with Gasteiger partial charge in [0.25, 0.3) is 5.91 Å². The van der Waals surface area contributed by atoms with Crippen LogP contribution in [0.25, 0.3) is 11.3 Å². The molecule has 1 saturated heterocycles. The molecule has 168 valence electrons. The molecule has 2 aromatic rings. The molecule has 9 heteroatoms. The number of carbonyl (C=O) groups excluding carboxylic acids is 2. The number of rotatable bonds is 5. The Labute approximate surface area is 192 Å². The Kier molecular flexibility index (Phi) is 6.48. The summed E-state index contributed by atoms with van der Waals surface area (Å²) in [6.45, 7) is 9.13. The molecule has 0 aromatic carbocycles. The number of carbonyl (C=O) groups is 2. The second-order valence-corrected chi connectivity index (χ2v) is 9.31. The van der Waals surface area contributed by atoms with E-state index in [0.29, 0.717) is 24.5 Å². The number of nitrogens with two attached hydrogens (primary N) is 1. The Balaban J connectivity index is 1.52. The summed E-state index contributed by atoms with van der Waals surface area (Å²) >= 11 is 1.48. The number of aryl methyl sites for hydroxylation is 2. The maximum absolute atomic E-state index is 11.9. The van der Waals surface area contributed by atoms with E-state index >= 15 is 0 Å². The fraction of sp³-hybridized carbons (Fsp3) is 0.391. The Bertz CT molecular complexity index is 1060. The van der Waals surface area contributed by atoms with Crippen molar-refractivity contribution in [3.05, 3.63) is 58.5 Å². The third-order valence-corrected chi connectivity index (χ3v) is 7.12. The van der Waals surface area contributed by atoms with Crippen LogP contribution < -0.4 is 5.73 Å².